The van der Waals surface area contributed by atoms with Crippen LogP contribution in [0.4, 0.5) is 0 Å². The number of ketones is 2. The van der Waals surface area contributed by atoms with E-state index in [4.69, 9.17) is 4.74 Å². The Morgan fingerprint density at radius 1 is 1.00 bits per heavy atom. The number of carbonyl (C=O) groups excluding carboxylic acids is 2. The van der Waals surface area contributed by atoms with Crippen molar-refractivity contribution >= 4 is 23.7 Å². The van der Waals surface area contributed by atoms with E-state index in [1.165, 1.54) is 25.3 Å². The highest BCUT2D eigenvalue weighted by Crippen LogP contribution is 2.26. The molecule has 140 valence electrons. The number of hydrogen-bond donors (Lipinski definition) is 2. The lowest BCUT2D eigenvalue weighted by Gasteiger charge is -2.03. The first-order valence-corrected chi connectivity index (χ1v) is 8.42. The van der Waals surface area contributed by atoms with Crippen LogP contribution in [0.5, 0.6) is 11.5 Å². The maximum Gasteiger partial charge on any atom is 0.163 e. The van der Waals surface area contributed by atoms with Gasteiger partial charge in [-0.3, -0.25) is 9.59 Å². The van der Waals surface area contributed by atoms with E-state index in [1.807, 2.05) is 19.1 Å². The molecule has 5 heteroatoms. The molecule has 0 saturated carbocycles. The van der Waals surface area contributed by atoms with Crippen molar-refractivity contribution < 1.29 is 24.5 Å². The van der Waals surface area contributed by atoms with Crippen LogP contribution in [0, 0.1) is 6.92 Å². The Morgan fingerprint density at radius 2 is 1.59 bits per heavy atom. The molecule has 0 saturated heterocycles. The van der Waals surface area contributed by atoms with Crippen LogP contribution in [-0.2, 0) is 16.2 Å². The van der Waals surface area contributed by atoms with Gasteiger partial charge in [0, 0.05) is 0 Å². The quantitative estimate of drug-likeness (QED) is 0.552. The molecule has 0 aliphatic heterocycles. The first kappa shape index (κ1) is 20.1. The number of benzene rings is 2. The van der Waals surface area contributed by atoms with Gasteiger partial charge in [0.1, 0.15) is 0 Å². The molecule has 0 aromatic heterocycles. The Hall–Kier alpha value is -3.18. The molecule has 0 atom stereocenters. The SMILES string of the molecule is COc1cc(C=CC(=O)CC(=O)C=Cc2ccc(C)c(CO)c2)ccc1O. The van der Waals surface area contributed by atoms with Crippen molar-refractivity contribution in [2.45, 2.75) is 20.0 Å². The third-order valence-electron chi connectivity index (χ3n) is 4.02. The first-order chi connectivity index (χ1) is 12.9. The van der Waals surface area contributed by atoms with Crippen LogP contribution in [0.15, 0.2) is 48.6 Å². The zero-order valence-corrected chi connectivity index (χ0v) is 15.3. The Balaban J connectivity index is 1.96. The second-order valence-corrected chi connectivity index (χ2v) is 6.05. The molecule has 0 aliphatic carbocycles. The monoisotopic (exact) mass is 366 g/mol. The average Bonchev–Trinajstić information content (AvgIpc) is 2.66. The predicted molar refractivity (Wildman–Crippen MR) is 104 cm³/mol. The fourth-order valence-electron chi connectivity index (χ4n) is 2.43. The van der Waals surface area contributed by atoms with Gasteiger partial charge >= 0.3 is 0 Å². The number of aryl methyl sites for hydroxylation is 1. The topological polar surface area (TPSA) is 83.8 Å². The summed E-state index contributed by atoms with van der Waals surface area (Å²) in [5.74, 6) is -0.304. The van der Waals surface area contributed by atoms with Crippen LogP contribution in [0.2, 0.25) is 0 Å². The third kappa shape index (κ3) is 5.94. The summed E-state index contributed by atoms with van der Waals surface area (Å²) in [6.07, 6.45) is 5.65. The van der Waals surface area contributed by atoms with Gasteiger partial charge in [-0.05, 0) is 59.5 Å². The highest BCUT2D eigenvalue weighted by atomic mass is 16.5. The van der Waals surface area contributed by atoms with Crippen LogP contribution in [-0.4, -0.2) is 28.9 Å². The van der Waals surface area contributed by atoms with Crippen LogP contribution in [0.25, 0.3) is 12.2 Å². The van der Waals surface area contributed by atoms with Gasteiger partial charge in [-0.2, -0.15) is 0 Å². The minimum Gasteiger partial charge on any atom is -0.504 e. The molecular weight excluding hydrogens is 344 g/mol. The molecule has 2 N–H and O–H groups in total. The molecule has 0 bridgehead atoms. The number of allylic oxidation sites excluding steroid dienone is 2. The van der Waals surface area contributed by atoms with Crippen molar-refractivity contribution in [2.24, 2.45) is 0 Å². The highest BCUT2D eigenvalue weighted by Gasteiger charge is 2.05. The number of phenols is 1. The van der Waals surface area contributed by atoms with Crippen LogP contribution < -0.4 is 4.74 Å². The summed E-state index contributed by atoms with van der Waals surface area (Å²) in [6.45, 7) is 1.84. The van der Waals surface area contributed by atoms with E-state index in [0.29, 0.717) is 11.3 Å². The van der Waals surface area contributed by atoms with Crippen molar-refractivity contribution in [1.82, 2.24) is 0 Å². The van der Waals surface area contributed by atoms with Gasteiger partial charge in [0.15, 0.2) is 23.1 Å². The number of carbonyl (C=O) groups is 2. The number of aliphatic hydroxyl groups is 1. The van der Waals surface area contributed by atoms with Crippen molar-refractivity contribution in [2.75, 3.05) is 7.11 Å². The smallest absolute Gasteiger partial charge is 0.163 e. The molecule has 27 heavy (non-hydrogen) atoms. The minimum absolute atomic E-state index is 0.0155. The molecule has 5 nitrogen and oxygen atoms in total. The van der Waals surface area contributed by atoms with Crippen molar-refractivity contribution in [3.63, 3.8) is 0 Å². The van der Waals surface area contributed by atoms with Gasteiger partial charge < -0.3 is 14.9 Å². The van der Waals surface area contributed by atoms with Crippen molar-refractivity contribution in [3.8, 4) is 11.5 Å². The molecule has 2 aromatic carbocycles. The summed E-state index contributed by atoms with van der Waals surface area (Å²) in [5.41, 5.74) is 3.24. The zero-order valence-electron chi connectivity index (χ0n) is 15.3. The predicted octanol–water partition coefficient (Wildman–Crippen LogP) is 3.46. The number of aliphatic hydroxyl groups excluding tert-OH is 1. The summed E-state index contributed by atoms with van der Waals surface area (Å²) in [7, 11) is 1.44. The van der Waals surface area contributed by atoms with E-state index in [1.54, 1.807) is 30.4 Å². The highest BCUT2D eigenvalue weighted by molar-refractivity contribution is 6.10. The summed E-state index contributed by atoms with van der Waals surface area (Å²) >= 11 is 0. The summed E-state index contributed by atoms with van der Waals surface area (Å²) in [6, 6.07) is 10.2. The summed E-state index contributed by atoms with van der Waals surface area (Å²) in [5, 5.41) is 18.8. The molecule has 0 amide bonds. The number of ether oxygens (including phenoxy) is 1. The van der Waals surface area contributed by atoms with E-state index in [2.05, 4.69) is 0 Å². The minimum atomic E-state index is -0.323. The van der Waals surface area contributed by atoms with Crippen molar-refractivity contribution in [1.29, 1.82) is 0 Å². The van der Waals surface area contributed by atoms with Crippen LogP contribution >= 0.6 is 0 Å². The van der Waals surface area contributed by atoms with E-state index >= 15 is 0 Å². The molecule has 0 heterocycles. The Morgan fingerprint density at radius 3 is 2.19 bits per heavy atom. The van der Waals surface area contributed by atoms with Gasteiger partial charge in [-0.25, -0.2) is 0 Å². The maximum atomic E-state index is 12.0. The number of rotatable bonds is 8. The van der Waals surface area contributed by atoms with Crippen LogP contribution in [0.3, 0.4) is 0 Å². The van der Waals surface area contributed by atoms with Gasteiger partial charge in [0.25, 0.3) is 0 Å². The number of methoxy groups -OCH3 is 1. The number of aromatic hydroxyl groups is 1. The Bertz CT molecular complexity index is 820. The standard InChI is InChI=1S/C22H22O5/c1-15-3-4-16(11-18(15)14-23)5-8-19(24)13-20(25)9-6-17-7-10-21(26)22(12-17)27-2/h3-12,23,26H,13-14H2,1-2H3. The lowest BCUT2D eigenvalue weighted by atomic mass is 10.0. The van der Waals surface area contributed by atoms with Gasteiger partial charge in [0.2, 0.25) is 0 Å². The second-order valence-electron chi connectivity index (χ2n) is 6.05. The molecule has 2 rings (SSSR count). The fourth-order valence-corrected chi connectivity index (χ4v) is 2.43. The van der Waals surface area contributed by atoms with Crippen molar-refractivity contribution in [3.05, 3.63) is 70.8 Å². The molecule has 0 radical (unpaired) electrons. The van der Waals surface area contributed by atoms with Gasteiger partial charge in [-0.15, -0.1) is 0 Å². The number of phenolic OH excluding ortho intramolecular Hbond substituents is 1. The average molecular weight is 366 g/mol. The number of hydrogen-bond acceptors (Lipinski definition) is 5. The van der Waals surface area contributed by atoms with E-state index < -0.39 is 0 Å². The fraction of sp³-hybridized carbons (Fsp3) is 0.182. The largest absolute Gasteiger partial charge is 0.504 e. The van der Waals surface area contributed by atoms with E-state index in [0.717, 1.165) is 16.7 Å². The molecule has 0 unspecified atom stereocenters. The third-order valence-corrected chi connectivity index (χ3v) is 4.02. The first-order valence-electron chi connectivity index (χ1n) is 8.42. The zero-order chi connectivity index (χ0) is 19.8. The Labute approximate surface area is 158 Å². The van der Waals surface area contributed by atoms with Crippen LogP contribution in [0.1, 0.15) is 28.7 Å². The molecular formula is C22H22O5. The molecule has 0 aliphatic rings. The van der Waals surface area contributed by atoms with Gasteiger partial charge in [0.05, 0.1) is 20.1 Å². The lowest BCUT2D eigenvalue weighted by molar-refractivity contribution is -0.121. The summed E-state index contributed by atoms with van der Waals surface area (Å²) < 4.78 is 5.01. The Kier molecular flexibility index (Phi) is 7.08. The molecule has 2 aromatic rings. The second kappa shape index (κ2) is 9.50. The lowest BCUT2D eigenvalue weighted by Crippen LogP contribution is -2.02. The van der Waals surface area contributed by atoms with E-state index in [-0.39, 0.29) is 30.3 Å². The summed E-state index contributed by atoms with van der Waals surface area (Å²) in [4.78, 5) is 23.9. The molecule has 0 fully saturated rings. The molecule has 0 spiro atoms. The maximum absolute atomic E-state index is 12.0. The normalized spacial score (nSPS) is 11.2. The van der Waals surface area contributed by atoms with Gasteiger partial charge in [-0.1, -0.05) is 30.4 Å². The van der Waals surface area contributed by atoms with E-state index in [9.17, 15) is 19.8 Å².